The second kappa shape index (κ2) is 8.90. The van der Waals surface area contributed by atoms with Crippen LogP contribution in [0, 0.1) is 13.8 Å². The van der Waals surface area contributed by atoms with E-state index in [0.29, 0.717) is 19.6 Å². The van der Waals surface area contributed by atoms with Crippen LogP contribution in [-0.2, 0) is 9.84 Å². The molecule has 1 aliphatic heterocycles. The molecule has 1 unspecified atom stereocenters. The second-order valence-corrected chi connectivity index (χ2v) is 10.1. The highest BCUT2D eigenvalue weighted by molar-refractivity contribution is 14.0. The van der Waals surface area contributed by atoms with E-state index in [-0.39, 0.29) is 35.6 Å². The fourth-order valence-electron chi connectivity index (χ4n) is 3.26. The number of hydrogen-bond donors (Lipinski definition) is 1. The molecule has 0 amide bonds. The lowest BCUT2D eigenvalue weighted by Crippen LogP contribution is -2.57. The fraction of sp³-hybridized carbons (Fsp3) is 0.765. The molecule has 1 aromatic rings. The zero-order valence-corrected chi connectivity index (χ0v) is 19.6. The van der Waals surface area contributed by atoms with Crippen LogP contribution in [0.5, 0.6) is 0 Å². The van der Waals surface area contributed by atoms with Crippen molar-refractivity contribution in [3.8, 4) is 0 Å². The first-order valence-electron chi connectivity index (χ1n) is 8.77. The van der Waals surface area contributed by atoms with Crippen LogP contribution in [0.3, 0.4) is 0 Å². The molecule has 150 valence electrons. The van der Waals surface area contributed by atoms with E-state index in [1.807, 2.05) is 25.7 Å². The van der Waals surface area contributed by atoms with E-state index in [2.05, 4.69) is 17.4 Å². The minimum Gasteiger partial charge on any atom is -0.361 e. The first-order valence-corrected chi connectivity index (χ1v) is 10.4. The van der Waals surface area contributed by atoms with Crippen molar-refractivity contribution in [3.63, 3.8) is 0 Å². The Bertz CT molecular complexity index is 724. The maximum Gasteiger partial charge on any atom is 0.194 e. The zero-order valence-electron chi connectivity index (χ0n) is 16.5. The van der Waals surface area contributed by atoms with Crippen LogP contribution < -0.4 is 5.32 Å². The molecule has 1 aromatic heterocycles. The van der Waals surface area contributed by atoms with Crippen molar-refractivity contribution in [2.75, 3.05) is 31.9 Å². The summed E-state index contributed by atoms with van der Waals surface area (Å²) in [5.74, 6) is 1.94. The van der Waals surface area contributed by atoms with Gasteiger partial charge in [-0.15, -0.1) is 24.0 Å². The van der Waals surface area contributed by atoms with Gasteiger partial charge in [-0.25, -0.2) is 8.42 Å². The Morgan fingerprint density at radius 1 is 1.42 bits per heavy atom. The van der Waals surface area contributed by atoms with Gasteiger partial charge in [0.2, 0.25) is 0 Å². The lowest BCUT2D eigenvalue weighted by Gasteiger charge is -2.39. The highest BCUT2D eigenvalue weighted by Crippen LogP contribution is 2.25. The molecule has 1 fully saturated rings. The third-order valence-corrected chi connectivity index (χ3v) is 7.31. The van der Waals surface area contributed by atoms with Gasteiger partial charge < -0.3 is 14.7 Å². The van der Waals surface area contributed by atoms with Gasteiger partial charge >= 0.3 is 0 Å². The monoisotopic (exact) mass is 498 g/mol. The molecule has 1 saturated heterocycles. The minimum atomic E-state index is -3.07. The molecule has 1 aliphatic rings. The van der Waals surface area contributed by atoms with Crippen molar-refractivity contribution in [2.24, 2.45) is 4.99 Å². The van der Waals surface area contributed by atoms with E-state index in [9.17, 15) is 8.42 Å². The number of rotatable bonds is 4. The van der Waals surface area contributed by atoms with E-state index < -0.39 is 14.6 Å². The quantitative estimate of drug-likeness (QED) is 0.390. The summed E-state index contributed by atoms with van der Waals surface area (Å²) in [4.78, 5) is 6.80. The van der Waals surface area contributed by atoms with Gasteiger partial charge in [0.05, 0.1) is 16.2 Å². The number of aryl methyl sites for hydroxylation is 2. The summed E-state index contributed by atoms with van der Waals surface area (Å²) in [7, 11) is -3.07. The predicted octanol–water partition coefficient (Wildman–Crippen LogP) is 2.49. The smallest absolute Gasteiger partial charge is 0.194 e. The van der Waals surface area contributed by atoms with Crippen LogP contribution >= 0.6 is 24.0 Å². The molecule has 0 bridgehead atoms. The maximum atomic E-state index is 12.2. The van der Waals surface area contributed by atoms with Gasteiger partial charge in [0.15, 0.2) is 15.8 Å². The number of hydrogen-bond acceptors (Lipinski definition) is 5. The molecule has 0 aromatic carbocycles. The average molecular weight is 498 g/mol. The Balaban J connectivity index is 0.00000338. The Morgan fingerprint density at radius 2 is 2.08 bits per heavy atom. The minimum absolute atomic E-state index is 0. The van der Waals surface area contributed by atoms with Gasteiger partial charge in [-0.2, -0.15) is 0 Å². The number of nitrogens with one attached hydrogen (secondary N) is 1. The summed E-state index contributed by atoms with van der Waals surface area (Å²) in [6.45, 7) is 13.8. The Hall–Kier alpha value is -0.840. The molecule has 0 spiro atoms. The Kier molecular flexibility index (Phi) is 7.94. The van der Waals surface area contributed by atoms with E-state index in [1.54, 1.807) is 13.8 Å². The topological polar surface area (TPSA) is 87.8 Å². The molecule has 9 heteroatoms. The van der Waals surface area contributed by atoms with Gasteiger partial charge in [0.25, 0.3) is 0 Å². The number of sulfone groups is 1. The first kappa shape index (κ1) is 23.2. The SMILES string of the molecule is CCNC(=NCC(C)c1c(C)noc1C)N1CCS(=O)(=O)C(C)(C)C1.I. The average Bonchev–Trinajstić information content (AvgIpc) is 2.85. The van der Waals surface area contributed by atoms with Crippen molar-refractivity contribution in [1.82, 2.24) is 15.4 Å². The van der Waals surface area contributed by atoms with Crippen molar-refractivity contribution in [3.05, 3.63) is 17.0 Å². The molecule has 7 nitrogen and oxygen atoms in total. The number of halogens is 1. The first-order chi connectivity index (χ1) is 11.6. The van der Waals surface area contributed by atoms with E-state index in [0.717, 1.165) is 29.5 Å². The van der Waals surface area contributed by atoms with Gasteiger partial charge in [0, 0.05) is 37.7 Å². The van der Waals surface area contributed by atoms with Crippen LogP contribution in [0.4, 0.5) is 0 Å². The molecule has 2 heterocycles. The van der Waals surface area contributed by atoms with Crippen LogP contribution in [-0.4, -0.2) is 61.1 Å². The lowest BCUT2D eigenvalue weighted by atomic mass is 10.00. The second-order valence-electron chi connectivity index (χ2n) is 7.33. The van der Waals surface area contributed by atoms with Crippen LogP contribution in [0.1, 0.15) is 50.6 Å². The summed E-state index contributed by atoms with van der Waals surface area (Å²) in [5, 5.41) is 7.30. The van der Waals surface area contributed by atoms with Crippen LogP contribution in [0.2, 0.25) is 0 Å². The molecule has 26 heavy (non-hydrogen) atoms. The summed E-state index contributed by atoms with van der Waals surface area (Å²) in [6.07, 6.45) is 0. The normalized spacial score (nSPS) is 20.4. The third kappa shape index (κ3) is 4.90. The summed E-state index contributed by atoms with van der Waals surface area (Å²) < 4.78 is 28.9. The number of aromatic nitrogens is 1. The van der Waals surface area contributed by atoms with E-state index in [1.165, 1.54) is 0 Å². The van der Waals surface area contributed by atoms with Crippen molar-refractivity contribution in [2.45, 2.75) is 52.2 Å². The number of guanidine groups is 1. The van der Waals surface area contributed by atoms with Gasteiger partial charge in [-0.1, -0.05) is 12.1 Å². The van der Waals surface area contributed by atoms with Crippen molar-refractivity contribution in [1.29, 1.82) is 0 Å². The number of aliphatic imine (C=N–C) groups is 1. The predicted molar refractivity (Wildman–Crippen MR) is 115 cm³/mol. The maximum absolute atomic E-state index is 12.2. The third-order valence-electron chi connectivity index (χ3n) is 4.77. The van der Waals surface area contributed by atoms with Crippen molar-refractivity contribution < 1.29 is 12.9 Å². The van der Waals surface area contributed by atoms with E-state index >= 15 is 0 Å². The van der Waals surface area contributed by atoms with Crippen LogP contribution in [0.15, 0.2) is 9.52 Å². The standard InChI is InChI=1S/C17H30N4O3S.HI/c1-7-18-16(21-8-9-25(22,23)17(5,6)11-21)19-10-12(2)15-13(3)20-24-14(15)4;/h12H,7-11H2,1-6H3,(H,18,19);1H. The van der Waals surface area contributed by atoms with Gasteiger partial charge in [-0.3, -0.25) is 4.99 Å². The van der Waals surface area contributed by atoms with Crippen molar-refractivity contribution >= 4 is 39.8 Å². The summed E-state index contributed by atoms with van der Waals surface area (Å²) in [6, 6.07) is 0. The van der Waals surface area contributed by atoms with Crippen LogP contribution in [0.25, 0.3) is 0 Å². The molecular weight excluding hydrogens is 467 g/mol. The molecular formula is C17H31IN4O3S. The number of nitrogens with zero attached hydrogens (tertiary/aromatic N) is 3. The highest BCUT2D eigenvalue weighted by Gasteiger charge is 2.41. The Labute approximate surface area is 173 Å². The molecule has 2 rings (SSSR count). The summed E-state index contributed by atoms with van der Waals surface area (Å²) in [5.41, 5.74) is 2.00. The molecule has 0 aliphatic carbocycles. The largest absolute Gasteiger partial charge is 0.361 e. The molecule has 1 atom stereocenters. The fourth-order valence-corrected chi connectivity index (χ4v) is 4.62. The zero-order chi connectivity index (χ0) is 18.8. The molecule has 0 radical (unpaired) electrons. The molecule has 0 saturated carbocycles. The van der Waals surface area contributed by atoms with Gasteiger partial charge in [0.1, 0.15) is 5.76 Å². The lowest BCUT2D eigenvalue weighted by molar-refractivity contribution is 0.353. The Morgan fingerprint density at radius 3 is 2.58 bits per heavy atom. The van der Waals surface area contributed by atoms with Gasteiger partial charge in [-0.05, 0) is 34.6 Å². The molecule has 1 N–H and O–H groups in total. The highest BCUT2D eigenvalue weighted by atomic mass is 127. The van der Waals surface area contributed by atoms with E-state index in [4.69, 9.17) is 9.52 Å². The summed E-state index contributed by atoms with van der Waals surface area (Å²) >= 11 is 0.